The molecule has 0 saturated carbocycles. The Balaban J connectivity index is 1.45. The zero-order chi connectivity index (χ0) is 29.2. The van der Waals surface area contributed by atoms with Gasteiger partial charge in [-0.05, 0) is 78.6 Å². The fourth-order valence-electron chi connectivity index (χ4n) is 3.53. The van der Waals surface area contributed by atoms with E-state index in [2.05, 4.69) is 0 Å². The summed E-state index contributed by atoms with van der Waals surface area (Å²) < 4.78 is 81.1. The molecule has 214 valence electrons. The summed E-state index contributed by atoms with van der Waals surface area (Å²) in [7, 11) is 0. The molecule has 0 aliphatic rings. The zero-order valence-electron chi connectivity index (χ0n) is 21.4. The molecule has 40 heavy (non-hydrogen) atoms. The maximum Gasteiger partial charge on any atom is 0.426 e. The van der Waals surface area contributed by atoms with Crippen LogP contribution in [0.1, 0.15) is 36.0 Å². The summed E-state index contributed by atoms with van der Waals surface area (Å²) in [5, 5.41) is 0. The molecule has 3 rings (SSSR count). The van der Waals surface area contributed by atoms with E-state index in [4.69, 9.17) is 25.7 Å². The van der Waals surface area contributed by atoms with E-state index in [0.717, 1.165) is 5.56 Å². The lowest BCUT2D eigenvalue weighted by molar-refractivity contribution is -0.185. The molecule has 3 aromatic rings. The number of hydrogen-bond donors (Lipinski definition) is 2. The third-order valence-corrected chi connectivity index (χ3v) is 5.64. The molecule has 0 fully saturated rings. The van der Waals surface area contributed by atoms with Crippen LogP contribution in [0, 0.1) is 0 Å². The number of esters is 1. The van der Waals surface area contributed by atoms with Crippen molar-refractivity contribution in [3.8, 4) is 11.5 Å². The van der Waals surface area contributed by atoms with Gasteiger partial charge >= 0.3 is 18.3 Å². The lowest BCUT2D eigenvalue weighted by Gasteiger charge is -2.18. The van der Waals surface area contributed by atoms with Crippen molar-refractivity contribution in [2.24, 2.45) is 0 Å². The molecule has 11 heteroatoms. The molecule has 0 aromatic heterocycles. The first-order chi connectivity index (χ1) is 18.9. The number of unbranched alkanes of at least 4 members (excludes halogenated alkanes) is 1. The molecule has 0 saturated heterocycles. The molecule has 0 bridgehead atoms. The fourth-order valence-corrected chi connectivity index (χ4v) is 3.53. The molecule has 0 heterocycles. The second kappa shape index (κ2) is 13.7. The predicted molar refractivity (Wildman–Crippen MR) is 142 cm³/mol. The Kier molecular flexibility index (Phi) is 10.4. The summed E-state index contributed by atoms with van der Waals surface area (Å²) in [6.45, 7) is 0.179. The number of alkyl halides is 5. The SMILES string of the molecule is Nc1ccc(CCOC(=O)/C=C/c2ccc(C(F)(F)Oc3ccc(OCCCCC(F)(F)F)cc3)cc2)c(N)c1. The van der Waals surface area contributed by atoms with Crippen molar-refractivity contribution >= 4 is 23.4 Å². The van der Waals surface area contributed by atoms with E-state index >= 15 is 0 Å². The minimum Gasteiger partial charge on any atom is -0.494 e. The van der Waals surface area contributed by atoms with Gasteiger partial charge in [0.05, 0.1) is 18.8 Å². The van der Waals surface area contributed by atoms with E-state index in [0.29, 0.717) is 29.1 Å². The Labute approximate surface area is 228 Å². The quantitative estimate of drug-likeness (QED) is 0.0772. The average molecular weight is 565 g/mol. The fraction of sp³-hybridized carbons (Fsp3) is 0.276. The smallest absolute Gasteiger partial charge is 0.426 e. The van der Waals surface area contributed by atoms with Crippen LogP contribution in [0.4, 0.5) is 33.3 Å². The highest BCUT2D eigenvalue weighted by atomic mass is 19.4. The third kappa shape index (κ3) is 10.1. The molecule has 6 nitrogen and oxygen atoms in total. The van der Waals surface area contributed by atoms with Gasteiger partial charge in [-0.3, -0.25) is 0 Å². The van der Waals surface area contributed by atoms with Crippen LogP contribution in [0.3, 0.4) is 0 Å². The molecule has 0 spiro atoms. The van der Waals surface area contributed by atoms with Gasteiger partial charge in [-0.15, -0.1) is 0 Å². The number of nitrogen functional groups attached to an aromatic ring is 2. The number of benzene rings is 3. The van der Waals surface area contributed by atoms with Gasteiger partial charge in [0.25, 0.3) is 0 Å². The van der Waals surface area contributed by atoms with Gasteiger partial charge in [0, 0.05) is 30.3 Å². The Morgan fingerprint density at radius 2 is 1.50 bits per heavy atom. The monoisotopic (exact) mass is 564 g/mol. The van der Waals surface area contributed by atoms with Crippen molar-refractivity contribution < 1.29 is 41.0 Å². The second-order valence-electron chi connectivity index (χ2n) is 8.84. The van der Waals surface area contributed by atoms with E-state index in [-0.39, 0.29) is 31.8 Å². The summed E-state index contributed by atoms with van der Waals surface area (Å²) in [5.41, 5.74) is 13.5. The first-order valence-electron chi connectivity index (χ1n) is 12.4. The van der Waals surface area contributed by atoms with Gasteiger partial charge in [0.1, 0.15) is 11.5 Å². The van der Waals surface area contributed by atoms with E-state index in [1.54, 1.807) is 18.2 Å². The molecule has 0 atom stereocenters. The predicted octanol–water partition coefficient (Wildman–Crippen LogP) is 6.89. The van der Waals surface area contributed by atoms with E-state index in [1.807, 2.05) is 0 Å². The van der Waals surface area contributed by atoms with Crippen molar-refractivity contribution in [1.82, 2.24) is 0 Å². The van der Waals surface area contributed by atoms with Crippen molar-refractivity contribution in [2.45, 2.75) is 38.0 Å². The highest BCUT2D eigenvalue weighted by Gasteiger charge is 2.34. The summed E-state index contributed by atoms with van der Waals surface area (Å²) in [5.74, 6) is -0.394. The number of hydrogen-bond acceptors (Lipinski definition) is 6. The number of nitrogens with two attached hydrogens (primary N) is 2. The van der Waals surface area contributed by atoms with Gasteiger partial charge in [0.2, 0.25) is 0 Å². The van der Waals surface area contributed by atoms with Crippen molar-refractivity contribution in [2.75, 3.05) is 24.7 Å². The van der Waals surface area contributed by atoms with E-state index in [1.165, 1.54) is 60.7 Å². The molecule has 3 aromatic carbocycles. The topological polar surface area (TPSA) is 96.8 Å². The standard InChI is InChI=1S/C29H29F5N2O4/c30-28(31,32)16-1-2-17-38-24-10-12-25(13-11-24)40-29(33,34)22-7-3-20(4-8-22)5-14-27(37)39-18-15-21-6-9-23(35)19-26(21)36/h3-14,19H,1-2,15-18,35-36H2/b14-5+. The van der Waals surface area contributed by atoms with Gasteiger partial charge < -0.3 is 25.7 Å². The number of anilines is 2. The Hall–Kier alpha value is -4.28. The van der Waals surface area contributed by atoms with Crippen molar-refractivity contribution in [1.29, 1.82) is 0 Å². The van der Waals surface area contributed by atoms with Crippen LogP contribution < -0.4 is 20.9 Å². The molecule has 0 radical (unpaired) electrons. The van der Waals surface area contributed by atoms with Crippen LogP contribution in [0.5, 0.6) is 11.5 Å². The molecular formula is C29H29F5N2O4. The number of carbonyl (C=O) groups is 1. The lowest BCUT2D eigenvalue weighted by atomic mass is 10.1. The van der Waals surface area contributed by atoms with Gasteiger partial charge in [-0.2, -0.15) is 22.0 Å². The highest BCUT2D eigenvalue weighted by Crippen LogP contribution is 2.32. The van der Waals surface area contributed by atoms with Crippen LogP contribution in [-0.2, 0) is 22.1 Å². The maximum absolute atomic E-state index is 14.6. The number of halogens is 5. The zero-order valence-corrected chi connectivity index (χ0v) is 21.4. The average Bonchev–Trinajstić information content (AvgIpc) is 2.89. The van der Waals surface area contributed by atoms with Crippen LogP contribution in [0.25, 0.3) is 6.08 Å². The Morgan fingerprint density at radius 1 is 0.825 bits per heavy atom. The van der Waals surface area contributed by atoms with E-state index in [9.17, 15) is 26.7 Å². The summed E-state index contributed by atoms with van der Waals surface area (Å²) in [4.78, 5) is 12.0. The normalized spacial score (nSPS) is 11.9. The van der Waals surface area contributed by atoms with Crippen molar-refractivity contribution in [3.63, 3.8) is 0 Å². The molecule has 0 amide bonds. The Bertz CT molecular complexity index is 1280. The largest absolute Gasteiger partial charge is 0.494 e. The van der Waals surface area contributed by atoms with Crippen LogP contribution >= 0.6 is 0 Å². The van der Waals surface area contributed by atoms with Crippen LogP contribution in [0.15, 0.2) is 72.8 Å². The Morgan fingerprint density at radius 3 is 2.15 bits per heavy atom. The van der Waals surface area contributed by atoms with Crippen LogP contribution in [-0.4, -0.2) is 25.4 Å². The maximum atomic E-state index is 14.6. The highest BCUT2D eigenvalue weighted by molar-refractivity contribution is 5.87. The minimum absolute atomic E-state index is 0.0587. The van der Waals surface area contributed by atoms with Crippen LogP contribution in [0.2, 0.25) is 0 Å². The summed E-state index contributed by atoms with van der Waals surface area (Å²) >= 11 is 0. The third-order valence-electron chi connectivity index (χ3n) is 5.64. The van der Waals surface area contributed by atoms with Gasteiger partial charge in [-0.25, -0.2) is 4.79 Å². The molecule has 0 aliphatic carbocycles. The molecular weight excluding hydrogens is 535 g/mol. The van der Waals surface area contributed by atoms with Gasteiger partial charge in [0.15, 0.2) is 0 Å². The first kappa shape index (κ1) is 30.3. The molecule has 4 N–H and O–H groups in total. The van der Waals surface area contributed by atoms with Gasteiger partial charge in [-0.1, -0.05) is 18.2 Å². The van der Waals surface area contributed by atoms with Crippen molar-refractivity contribution in [3.05, 3.63) is 89.5 Å². The lowest BCUT2D eigenvalue weighted by Crippen LogP contribution is -2.21. The minimum atomic E-state index is -4.20. The number of ether oxygens (including phenoxy) is 3. The summed E-state index contributed by atoms with van der Waals surface area (Å²) in [6.07, 6.45) is -5.55. The van der Waals surface area contributed by atoms with E-state index < -0.39 is 30.2 Å². The first-order valence-corrected chi connectivity index (χ1v) is 12.4. The summed E-state index contributed by atoms with van der Waals surface area (Å²) in [6, 6.07) is 15.6. The molecule has 0 unspecified atom stereocenters. The second-order valence-corrected chi connectivity index (χ2v) is 8.84. The number of carbonyl (C=O) groups excluding carboxylic acids is 1. The number of rotatable bonds is 13. The molecule has 0 aliphatic heterocycles.